The second-order valence-electron chi connectivity index (χ2n) is 2.47. The number of hydrogen-bond acceptors (Lipinski definition) is 3. The number of aromatic nitrogens is 4. The number of halogens is 3. The minimum Gasteiger partial charge on any atom is -0.204 e. The minimum absolute atomic E-state index is 0.293. The maximum Gasteiger partial charge on any atom is 0.153 e. The Morgan fingerprint density at radius 2 is 1.86 bits per heavy atom. The van der Waals surface area contributed by atoms with Crippen molar-refractivity contribution in [2.75, 3.05) is 0 Å². The van der Waals surface area contributed by atoms with Crippen molar-refractivity contribution in [3.05, 3.63) is 34.6 Å². The third kappa shape index (κ3) is 1.50. The number of rotatable bonds is 1. The second kappa shape index (κ2) is 3.41. The van der Waals surface area contributed by atoms with E-state index in [1.165, 1.54) is 0 Å². The van der Waals surface area contributed by atoms with Crippen LogP contribution in [0.2, 0.25) is 0 Å². The minimum atomic E-state index is -0.732. The molecule has 0 N–H and O–H groups in total. The van der Waals surface area contributed by atoms with E-state index in [1.807, 2.05) is 0 Å². The van der Waals surface area contributed by atoms with Crippen molar-refractivity contribution in [1.29, 1.82) is 0 Å². The van der Waals surface area contributed by atoms with Gasteiger partial charge in [0.15, 0.2) is 11.6 Å². The van der Waals surface area contributed by atoms with Crippen molar-refractivity contribution >= 4 is 15.9 Å². The first-order valence-electron chi connectivity index (χ1n) is 3.56. The molecule has 1 aromatic carbocycles. The molecule has 1 aromatic heterocycles. The molecule has 0 bridgehead atoms. The Morgan fingerprint density at radius 1 is 1.21 bits per heavy atom. The first kappa shape index (κ1) is 9.20. The molecule has 0 radical (unpaired) electrons. The molecule has 0 saturated heterocycles. The van der Waals surface area contributed by atoms with E-state index >= 15 is 0 Å². The molecule has 0 saturated carbocycles. The first-order chi connectivity index (χ1) is 6.68. The first-order valence-corrected chi connectivity index (χ1v) is 4.35. The SMILES string of the molecule is Fc1cc(Br)cc(F)c1-n1cnnn1. The zero-order chi connectivity index (χ0) is 10.1. The van der Waals surface area contributed by atoms with Gasteiger partial charge in [-0.2, -0.15) is 4.68 Å². The Morgan fingerprint density at radius 3 is 2.36 bits per heavy atom. The molecule has 14 heavy (non-hydrogen) atoms. The molecule has 0 aliphatic heterocycles. The van der Waals surface area contributed by atoms with Crippen LogP contribution in [0.4, 0.5) is 8.78 Å². The van der Waals surface area contributed by atoms with Gasteiger partial charge in [0.25, 0.3) is 0 Å². The Balaban J connectivity index is 2.64. The van der Waals surface area contributed by atoms with Crippen LogP contribution in [0.25, 0.3) is 5.69 Å². The summed E-state index contributed by atoms with van der Waals surface area (Å²) in [5, 5.41) is 9.98. The largest absolute Gasteiger partial charge is 0.204 e. The zero-order valence-electron chi connectivity index (χ0n) is 6.65. The molecule has 2 aromatic rings. The molecule has 0 unspecified atom stereocenters. The van der Waals surface area contributed by atoms with Crippen LogP contribution in [0.1, 0.15) is 0 Å². The van der Waals surface area contributed by atoms with Crippen LogP contribution >= 0.6 is 15.9 Å². The molecular formula is C7H3BrF2N4. The molecule has 0 spiro atoms. The molecular weight excluding hydrogens is 258 g/mol. The molecule has 1 heterocycles. The molecule has 0 atom stereocenters. The van der Waals surface area contributed by atoms with E-state index in [-0.39, 0.29) is 5.69 Å². The van der Waals surface area contributed by atoms with Crippen LogP contribution in [0.5, 0.6) is 0 Å². The number of hydrogen-bond donors (Lipinski definition) is 0. The van der Waals surface area contributed by atoms with Gasteiger partial charge in [0.1, 0.15) is 12.0 Å². The topological polar surface area (TPSA) is 43.6 Å². The van der Waals surface area contributed by atoms with Crippen molar-refractivity contribution in [2.45, 2.75) is 0 Å². The molecule has 7 heteroatoms. The van der Waals surface area contributed by atoms with Crippen LogP contribution in [-0.2, 0) is 0 Å². The van der Waals surface area contributed by atoms with Crippen molar-refractivity contribution in [3.63, 3.8) is 0 Å². The van der Waals surface area contributed by atoms with Gasteiger partial charge in [0, 0.05) is 4.47 Å². The average Bonchev–Trinajstić information content (AvgIpc) is 2.54. The van der Waals surface area contributed by atoms with E-state index in [9.17, 15) is 8.78 Å². The standard InChI is InChI=1S/C7H3BrF2N4/c8-4-1-5(9)7(6(10)2-4)14-3-11-12-13-14/h1-3H. The highest BCUT2D eigenvalue weighted by Gasteiger charge is 2.13. The summed E-state index contributed by atoms with van der Waals surface area (Å²) in [6.07, 6.45) is 1.12. The van der Waals surface area contributed by atoms with Gasteiger partial charge in [-0.15, -0.1) is 5.10 Å². The third-order valence-corrected chi connectivity index (χ3v) is 2.02. The van der Waals surface area contributed by atoms with Crippen molar-refractivity contribution < 1.29 is 8.78 Å². The lowest BCUT2D eigenvalue weighted by atomic mass is 10.3. The number of tetrazole rings is 1. The quantitative estimate of drug-likeness (QED) is 0.784. The van der Waals surface area contributed by atoms with Gasteiger partial charge in [-0.3, -0.25) is 0 Å². The summed E-state index contributed by atoms with van der Waals surface area (Å²) in [4.78, 5) is 0. The highest BCUT2D eigenvalue weighted by Crippen LogP contribution is 2.21. The predicted molar refractivity (Wildman–Crippen MR) is 46.8 cm³/mol. The Bertz CT molecular complexity index is 434. The second-order valence-corrected chi connectivity index (χ2v) is 3.39. The molecule has 2 rings (SSSR count). The van der Waals surface area contributed by atoms with Crippen LogP contribution in [0, 0.1) is 11.6 Å². The van der Waals surface area contributed by atoms with Crippen molar-refractivity contribution in [3.8, 4) is 5.69 Å². The van der Waals surface area contributed by atoms with Gasteiger partial charge in [-0.1, -0.05) is 15.9 Å². The van der Waals surface area contributed by atoms with Crippen LogP contribution in [0.3, 0.4) is 0 Å². The highest BCUT2D eigenvalue weighted by atomic mass is 79.9. The number of benzene rings is 1. The summed E-state index contributed by atoms with van der Waals surface area (Å²) in [7, 11) is 0. The lowest BCUT2D eigenvalue weighted by molar-refractivity contribution is 0.555. The lowest BCUT2D eigenvalue weighted by Gasteiger charge is -2.03. The Labute approximate surface area is 85.7 Å². The van der Waals surface area contributed by atoms with Crippen LogP contribution in [-0.4, -0.2) is 20.2 Å². The summed E-state index contributed by atoms with van der Waals surface area (Å²) >= 11 is 2.97. The van der Waals surface area contributed by atoms with Crippen molar-refractivity contribution in [1.82, 2.24) is 20.2 Å². The van der Waals surface area contributed by atoms with Gasteiger partial charge in [0.2, 0.25) is 0 Å². The van der Waals surface area contributed by atoms with Gasteiger partial charge in [0.05, 0.1) is 0 Å². The average molecular weight is 261 g/mol. The Kier molecular flexibility index (Phi) is 2.24. The molecule has 0 fully saturated rings. The summed E-state index contributed by atoms with van der Waals surface area (Å²) in [6, 6.07) is 2.28. The number of nitrogens with zero attached hydrogens (tertiary/aromatic N) is 4. The molecule has 72 valence electrons. The van der Waals surface area contributed by atoms with E-state index in [4.69, 9.17) is 0 Å². The fourth-order valence-corrected chi connectivity index (χ4v) is 1.42. The molecule has 4 nitrogen and oxygen atoms in total. The summed E-state index contributed by atoms with van der Waals surface area (Å²) < 4.78 is 27.8. The van der Waals surface area contributed by atoms with E-state index in [1.54, 1.807) is 0 Å². The van der Waals surface area contributed by atoms with E-state index in [2.05, 4.69) is 31.5 Å². The fourth-order valence-electron chi connectivity index (χ4n) is 1.02. The lowest BCUT2D eigenvalue weighted by Crippen LogP contribution is -2.02. The normalized spacial score (nSPS) is 10.5. The van der Waals surface area contributed by atoms with Crippen LogP contribution < -0.4 is 0 Å². The van der Waals surface area contributed by atoms with Gasteiger partial charge >= 0.3 is 0 Å². The fraction of sp³-hybridized carbons (Fsp3) is 0. The van der Waals surface area contributed by atoms with E-state index in [0.717, 1.165) is 23.1 Å². The van der Waals surface area contributed by atoms with Crippen LogP contribution in [0.15, 0.2) is 22.9 Å². The predicted octanol–water partition coefficient (Wildman–Crippen LogP) is 1.70. The third-order valence-electron chi connectivity index (χ3n) is 1.56. The van der Waals surface area contributed by atoms with Crippen molar-refractivity contribution in [2.24, 2.45) is 0 Å². The van der Waals surface area contributed by atoms with Gasteiger partial charge < -0.3 is 0 Å². The molecule has 0 aliphatic carbocycles. The van der Waals surface area contributed by atoms with E-state index < -0.39 is 11.6 Å². The monoisotopic (exact) mass is 260 g/mol. The highest BCUT2D eigenvalue weighted by molar-refractivity contribution is 9.10. The van der Waals surface area contributed by atoms with E-state index in [0.29, 0.717) is 4.47 Å². The maximum absolute atomic E-state index is 13.3. The summed E-state index contributed by atoms with van der Waals surface area (Å²) in [5.74, 6) is -1.46. The zero-order valence-corrected chi connectivity index (χ0v) is 8.24. The van der Waals surface area contributed by atoms with Gasteiger partial charge in [-0.05, 0) is 22.6 Å². The summed E-state index contributed by atoms with van der Waals surface area (Å²) in [6.45, 7) is 0. The smallest absolute Gasteiger partial charge is 0.153 e. The summed E-state index contributed by atoms with van der Waals surface area (Å²) in [5.41, 5.74) is -0.293. The van der Waals surface area contributed by atoms with Gasteiger partial charge in [-0.25, -0.2) is 8.78 Å². The molecule has 0 amide bonds. The maximum atomic E-state index is 13.3. The Hall–Kier alpha value is -1.37. The molecule has 0 aliphatic rings.